The molecule has 4 rings (SSSR count). The fourth-order valence-electron chi connectivity index (χ4n) is 3.95. The zero-order valence-corrected chi connectivity index (χ0v) is 14.1. The topological polar surface area (TPSA) is 67.6 Å². The molecule has 2 saturated heterocycles. The van der Waals surface area contributed by atoms with Gasteiger partial charge in [0, 0.05) is 37.7 Å². The number of nitrogens with one attached hydrogen (secondary N) is 1. The van der Waals surface area contributed by atoms with Crippen molar-refractivity contribution in [3.05, 3.63) is 48.7 Å². The number of aromatic nitrogens is 1. The lowest BCUT2D eigenvalue weighted by Gasteiger charge is -2.44. The highest BCUT2D eigenvalue weighted by Crippen LogP contribution is 2.34. The van der Waals surface area contributed by atoms with Gasteiger partial charge in [-0.25, -0.2) is 0 Å². The van der Waals surface area contributed by atoms with Crippen molar-refractivity contribution in [3.8, 4) is 0 Å². The standard InChI is InChI=1S/C19H23N3O3/c23-19(21-14-3-1-7-20-11-14)16-6-10-25-18-5-8-22(13-17(16)18)12-15-4-2-9-24-15/h1-4,7,9,11,16-18H,5-6,8,10,12-13H2,(H,21,23)/t16-,17+,18-/m1/s1. The van der Waals surface area contributed by atoms with Gasteiger partial charge in [0.15, 0.2) is 0 Å². The Balaban J connectivity index is 1.43. The van der Waals surface area contributed by atoms with Gasteiger partial charge in [0.05, 0.1) is 30.8 Å². The van der Waals surface area contributed by atoms with Crippen LogP contribution in [0.4, 0.5) is 5.69 Å². The van der Waals surface area contributed by atoms with E-state index in [1.807, 2.05) is 24.3 Å². The summed E-state index contributed by atoms with van der Waals surface area (Å²) in [4.78, 5) is 19.2. The molecule has 1 N–H and O–H groups in total. The molecule has 2 fully saturated rings. The van der Waals surface area contributed by atoms with Gasteiger partial charge >= 0.3 is 0 Å². The Hall–Kier alpha value is -2.18. The van der Waals surface area contributed by atoms with Crippen molar-refractivity contribution in [2.45, 2.75) is 25.5 Å². The number of hydrogen-bond acceptors (Lipinski definition) is 5. The molecule has 132 valence electrons. The summed E-state index contributed by atoms with van der Waals surface area (Å²) in [5.74, 6) is 1.23. The average Bonchev–Trinajstić information content (AvgIpc) is 3.15. The maximum absolute atomic E-state index is 12.8. The molecule has 4 heterocycles. The minimum absolute atomic E-state index is 0.0293. The van der Waals surface area contributed by atoms with Crippen molar-refractivity contribution in [2.24, 2.45) is 11.8 Å². The number of rotatable bonds is 4. The number of amides is 1. The first-order chi connectivity index (χ1) is 12.3. The molecule has 3 atom stereocenters. The number of carbonyl (C=O) groups excluding carboxylic acids is 1. The molecule has 0 saturated carbocycles. The second-order valence-electron chi connectivity index (χ2n) is 6.80. The number of likely N-dealkylation sites (tertiary alicyclic amines) is 1. The normalized spacial score (nSPS) is 26.8. The number of pyridine rings is 1. The maximum atomic E-state index is 12.8. The van der Waals surface area contributed by atoms with E-state index in [2.05, 4.69) is 15.2 Å². The van der Waals surface area contributed by atoms with Crippen LogP contribution in [0.2, 0.25) is 0 Å². The molecule has 25 heavy (non-hydrogen) atoms. The third-order valence-corrected chi connectivity index (χ3v) is 5.18. The molecule has 6 heteroatoms. The van der Waals surface area contributed by atoms with Crippen LogP contribution >= 0.6 is 0 Å². The molecule has 0 unspecified atom stereocenters. The van der Waals surface area contributed by atoms with E-state index in [1.165, 1.54) is 0 Å². The zero-order chi connectivity index (χ0) is 17.1. The molecular formula is C19H23N3O3. The summed E-state index contributed by atoms with van der Waals surface area (Å²) >= 11 is 0. The Morgan fingerprint density at radius 1 is 1.32 bits per heavy atom. The number of carbonyl (C=O) groups is 1. The Morgan fingerprint density at radius 3 is 3.08 bits per heavy atom. The third-order valence-electron chi connectivity index (χ3n) is 5.18. The summed E-state index contributed by atoms with van der Waals surface area (Å²) in [6, 6.07) is 7.60. The van der Waals surface area contributed by atoms with Crippen LogP contribution in [-0.4, -0.2) is 41.6 Å². The van der Waals surface area contributed by atoms with E-state index in [-0.39, 0.29) is 23.8 Å². The van der Waals surface area contributed by atoms with Crippen LogP contribution in [0.15, 0.2) is 47.3 Å². The number of anilines is 1. The second kappa shape index (κ2) is 7.37. The van der Waals surface area contributed by atoms with Gasteiger partial charge in [0.25, 0.3) is 0 Å². The Labute approximate surface area is 147 Å². The first-order valence-corrected chi connectivity index (χ1v) is 8.87. The second-order valence-corrected chi connectivity index (χ2v) is 6.80. The first kappa shape index (κ1) is 16.3. The molecule has 2 aliphatic heterocycles. The van der Waals surface area contributed by atoms with E-state index in [9.17, 15) is 4.79 Å². The van der Waals surface area contributed by atoms with Gasteiger partial charge in [-0.3, -0.25) is 14.7 Å². The van der Waals surface area contributed by atoms with Gasteiger partial charge in [-0.1, -0.05) is 0 Å². The molecule has 0 spiro atoms. The first-order valence-electron chi connectivity index (χ1n) is 8.87. The van der Waals surface area contributed by atoms with E-state index < -0.39 is 0 Å². The maximum Gasteiger partial charge on any atom is 0.228 e. The van der Waals surface area contributed by atoms with E-state index in [0.717, 1.165) is 43.9 Å². The summed E-state index contributed by atoms with van der Waals surface area (Å²) in [5.41, 5.74) is 0.749. The smallest absolute Gasteiger partial charge is 0.228 e. The lowest BCUT2D eigenvalue weighted by atomic mass is 9.79. The van der Waals surface area contributed by atoms with Crippen LogP contribution < -0.4 is 5.32 Å². The Morgan fingerprint density at radius 2 is 2.28 bits per heavy atom. The van der Waals surface area contributed by atoms with Crippen LogP contribution in [0, 0.1) is 11.8 Å². The fraction of sp³-hybridized carbons (Fsp3) is 0.474. The number of hydrogen-bond donors (Lipinski definition) is 1. The quantitative estimate of drug-likeness (QED) is 0.926. The summed E-state index contributed by atoms with van der Waals surface area (Å²) in [6.45, 7) is 3.27. The van der Waals surface area contributed by atoms with Crippen molar-refractivity contribution in [1.29, 1.82) is 0 Å². The minimum atomic E-state index is -0.0293. The molecular weight excluding hydrogens is 318 g/mol. The highest BCUT2D eigenvalue weighted by atomic mass is 16.5. The molecule has 0 aliphatic carbocycles. The van der Waals surface area contributed by atoms with E-state index in [1.54, 1.807) is 18.7 Å². The highest BCUT2D eigenvalue weighted by molar-refractivity contribution is 5.92. The number of furan rings is 1. The van der Waals surface area contributed by atoms with Gasteiger partial charge in [-0.05, 0) is 37.1 Å². The van der Waals surface area contributed by atoms with Crippen LogP contribution in [0.5, 0.6) is 0 Å². The summed E-state index contributed by atoms with van der Waals surface area (Å²) < 4.78 is 11.4. The Bertz CT molecular complexity index is 689. The van der Waals surface area contributed by atoms with E-state index >= 15 is 0 Å². The minimum Gasteiger partial charge on any atom is -0.468 e. The zero-order valence-electron chi connectivity index (χ0n) is 14.1. The van der Waals surface area contributed by atoms with Crippen molar-refractivity contribution in [1.82, 2.24) is 9.88 Å². The van der Waals surface area contributed by atoms with E-state index in [4.69, 9.17) is 9.15 Å². The van der Waals surface area contributed by atoms with Gasteiger partial charge in [-0.15, -0.1) is 0 Å². The molecule has 0 bridgehead atoms. The SMILES string of the molecule is O=C(Nc1cccnc1)[C@@H]1CCO[C@@H]2CCN(Cc3ccco3)C[C@H]21. The van der Waals surface area contributed by atoms with Gasteiger partial charge in [0.1, 0.15) is 5.76 Å². The van der Waals surface area contributed by atoms with Gasteiger partial charge in [0.2, 0.25) is 5.91 Å². The molecule has 2 aromatic rings. The lowest BCUT2D eigenvalue weighted by molar-refractivity contribution is -0.137. The summed E-state index contributed by atoms with van der Waals surface area (Å²) in [6.07, 6.45) is 6.98. The molecule has 0 aromatic carbocycles. The number of ether oxygens (including phenoxy) is 1. The van der Waals surface area contributed by atoms with Gasteiger partial charge < -0.3 is 14.5 Å². The molecule has 0 radical (unpaired) electrons. The van der Waals surface area contributed by atoms with Crippen molar-refractivity contribution >= 4 is 11.6 Å². The number of piperidine rings is 1. The average molecular weight is 341 g/mol. The van der Waals surface area contributed by atoms with Gasteiger partial charge in [-0.2, -0.15) is 0 Å². The van der Waals surface area contributed by atoms with Crippen molar-refractivity contribution < 1.29 is 13.9 Å². The fourth-order valence-corrected chi connectivity index (χ4v) is 3.95. The Kier molecular flexibility index (Phi) is 4.81. The highest BCUT2D eigenvalue weighted by Gasteiger charge is 2.41. The predicted molar refractivity (Wildman–Crippen MR) is 92.8 cm³/mol. The predicted octanol–water partition coefficient (Wildman–Crippen LogP) is 2.54. The van der Waals surface area contributed by atoms with Crippen LogP contribution in [0.1, 0.15) is 18.6 Å². The van der Waals surface area contributed by atoms with Crippen LogP contribution in [0.3, 0.4) is 0 Å². The largest absolute Gasteiger partial charge is 0.468 e. The third kappa shape index (κ3) is 3.75. The number of fused-ring (bicyclic) bond motifs is 1. The molecule has 6 nitrogen and oxygen atoms in total. The van der Waals surface area contributed by atoms with Crippen LogP contribution in [-0.2, 0) is 16.1 Å². The van der Waals surface area contributed by atoms with Crippen molar-refractivity contribution in [2.75, 3.05) is 25.0 Å². The number of nitrogens with zero attached hydrogens (tertiary/aromatic N) is 2. The molecule has 1 amide bonds. The monoisotopic (exact) mass is 341 g/mol. The van der Waals surface area contributed by atoms with Crippen molar-refractivity contribution in [3.63, 3.8) is 0 Å². The summed E-state index contributed by atoms with van der Waals surface area (Å²) in [5, 5.41) is 3.01. The van der Waals surface area contributed by atoms with E-state index in [0.29, 0.717) is 6.61 Å². The molecule has 2 aromatic heterocycles. The summed E-state index contributed by atoms with van der Waals surface area (Å²) in [7, 11) is 0. The molecule has 2 aliphatic rings. The van der Waals surface area contributed by atoms with Crippen LogP contribution in [0.25, 0.3) is 0 Å². The lowest BCUT2D eigenvalue weighted by Crippen LogP contribution is -2.52.